The molecule has 3 heteroatoms. The molecule has 1 fully saturated rings. The van der Waals surface area contributed by atoms with Gasteiger partial charge < -0.3 is 4.74 Å². The first-order valence-corrected chi connectivity index (χ1v) is 6.91. The van der Waals surface area contributed by atoms with Crippen LogP contribution in [0.3, 0.4) is 0 Å². The zero-order chi connectivity index (χ0) is 11.8. The summed E-state index contributed by atoms with van der Waals surface area (Å²) in [6.45, 7) is 5.02. The van der Waals surface area contributed by atoms with E-state index in [9.17, 15) is 0 Å². The summed E-state index contributed by atoms with van der Waals surface area (Å²) < 4.78 is 5.80. The van der Waals surface area contributed by atoms with E-state index in [1.807, 2.05) is 0 Å². The highest BCUT2D eigenvalue weighted by Gasteiger charge is 2.28. The van der Waals surface area contributed by atoms with Gasteiger partial charge >= 0.3 is 0 Å². The molecule has 1 saturated carbocycles. The summed E-state index contributed by atoms with van der Waals surface area (Å²) in [5.74, 6) is 6.43. The molecule has 1 rings (SSSR count). The smallest absolute Gasteiger partial charge is 0.0741 e. The summed E-state index contributed by atoms with van der Waals surface area (Å²) in [6, 6.07) is 0.336. The fourth-order valence-corrected chi connectivity index (χ4v) is 2.91. The van der Waals surface area contributed by atoms with E-state index in [4.69, 9.17) is 10.6 Å². The minimum absolute atomic E-state index is 0.276. The quantitative estimate of drug-likeness (QED) is 0.417. The minimum atomic E-state index is 0.276. The Morgan fingerprint density at radius 2 is 1.81 bits per heavy atom. The van der Waals surface area contributed by atoms with Gasteiger partial charge in [-0.05, 0) is 32.1 Å². The van der Waals surface area contributed by atoms with Gasteiger partial charge in [0.05, 0.1) is 12.1 Å². The van der Waals surface area contributed by atoms with Gasteiger partial charge in [0.25, 0.3) is 0 Å². The van der Waals surface area contributed by atoms with Crippen molar-refractivity contribution in [2.45, 2.75) is 70.9 Å². The molecule has 0 saturated heterocycles. The second kappa shape index (κ2) is 8.04. The highest BCUT2D eigenvalue weighted by Crippen LogP contribution is 2.28. The third kappa shape index (κ3) is 4.04. The Morgan fingerprint density at radius 1 is 1.19 bits per heavy atom. The van der Waals surface area contributed by atoms with Crippen molar-refractivity contribution in [3.05, 3.63) is 0 Å². The van der Waals surface area contributed by atoms with Gasteiger partial charge in [-0.2, -0.15) is 0 Å². The monoisotopic (exact) mass is 228 g/mol. The van der Waals surface area contributed by atoms with E-state index < -0.39 is 0 Å². The van der Waals surface area contributed by atoms with Crippen molar-refractivity contribution in [2.75, 3.05) is 6.61 Å². The van der Waals surface area contributed by atoms with Crippen LogP contribution in [0.15, 0.2) is 0 Å². The highest BCUT2D eigenvalue weighted by molar-refractivity contribution is 4.83. The number of nitrogens with two attached hydrogens (primary N) is 1. The fraction of sp³-hybridized carbons (Fsp3) is 1.00. The van der Waals surface area contributed by atoms with Gasteiger partial charge in [0, 0.05) is 6.61 Å². The van der Waals surface area contributed by atoms with Crippen LogP contribution in [-0.4, -0.2) is 18.8 Å². The van der Waals surface area contributed by atoms with Crippen LogP contribution in [0.5, 0.6) is 0 Å². The fourth-order valence-electron chi connectivity index (χ4n) is 2.91. The number of hydrazine groups is 1. The largest absolute Gasteiger partial charge is 0.377 e. The standard InChI is InChI=1S/C13H28N2O/c1-3-12(16-4-2)13(15-14)11-9-7-5-6-8-10-11/h11-13,15H,3-10,14H2,1-2H3. The van der Waals surface area contributed by atoms with Gasteiger partial charge in [-0.3, -0.25) is 11.3 Å². The van der Waals surface area contributed by atoms with Crippen LogP contribution in [-0.2, 0) is 4.74 Å². The number of ether oxygens (including phenoxy) is 1. The van der Waals surface area contributed by atoms with Gasteiger partial charge in [0.2, 0.25) is 0 Å². The molecule has 3 nitrogen and oxygen atoms in total. The zero-order valence-electron chi connectivity index (χ0n) is 10.9. The van der Waals surface area contributed by atoms with Crippen LogP contribution in [0.25, 0.3) is 0 Å². The van der Waals surface area contributed by atoms with Gasteiger partial charge in [-0.1, -0.05) is 32.6 Å². The van der Waals surface area contributed by atoms with Gasteiger partial charge in [-0.15, -0.1) is 0 Å². The number of rotatable bonds is 6. The van der Waals surface area contributed by atoms with Gasteiger partial charge in [-0.25, -0.2) is 0 Å². The predicted molar refractivity (Wildman–Crippen MR) is 68.0 cm³/mol. The predicted octanol–water partition coefficient (Wildman–Crippen LogP) is 2.60. The van der Waals surface area contributed by atoms with Crippen molar-refractivity contribution in [3.8, 4) is 0 Å². The summed E-state index contributed by atoms with van der Waals surface area (Å²) in [4.78, 5) is 0. The van der Waals surface area contributed by atoms with E-state index in [1.54, 1.807) is 0 Å². The van der Waals surface area contributed by atoms with E-state index >= 15 is 0 Å². The number of hydrogen-bond acceptors (Lipinski definition) is 3. The molecule has 96 valence electrons. The maximum atomic E-state index is 5.80. The molecule has 0 amide bonds. The Hall–Kier alpha value is -0.120. The van der Waals surface area contributed by atoms with E-state index in [0.29, 0.717) is 12.0 Å². The minimum Gasteiger partial charge on any atom is -0.377 e. The molecule has 0 aliphatic heterocycles. The molecule has 0 spiro atoms. The van der Waals surface area contributed by atoms with Crippen molar-refractivity contribution in [1.82, 2.24) is 5.43 Å². The van der Waals surface area contributed by atoms with Crippen LogP contribution in [0, 0.1) is 5.92 Å². The molecular weight excluding hydrogens is 200 g/mol. The Balaban J connectivity index is 2.54. The Labute approximate surface area is 100 Å². The van der Waals surface area contributed by atoms with E-state index in [1.165, 1.54) is 38.5 Å². The molecule has 2 unspecified atom stereocenters. The topological polar surface area (TPSA) is 47.3 Å². The van der Waals surface area contributed by atoms with Crippen LogP contribution in [0.1, 0.15) is 58.8 Å². The molecule has 0 bridgehead atoms. The highest BCUT2D eigenvalue weighted by atomic mass is 16.5. The molecule has 0 radical (unpaired) electrons. The van der Waals surface area contributed by atoms with Crippen LogP contribution >= 0.6 is 0 Å². The second-order valence-corrected chi connectivity index (χ2v) is 4.85. The van der Waals surface area contributed by atoms with Crippen LogP contribution < -0.4 is 11.3 Å². The molecule has 1 aliphatic rings. The molecule has 2 atom stereocenters. The van der Waals surface area contributed by atoms with E-state index in [-0.39, 0.29) is 6.10 Å². The van der Waals surface area contributed by atoms with Crippen molar-refractivity contribution in [1.29, 1.82) is 0 Å². The van der Waals surface area contributed by atoms with Crippen molar-refractivity contribution >= 4 is 0 Å². The lowest BCUT2D eigenvalue weighted by molar-refractivity contribution is 0.0126. The number of hydrogen-bond donors (Lipinski definition) is 2. The normalized spacial score (nSPS) is 22.7. The maximum absolute atomic E-state index is 5.80. The summed E-state index contributed by atoms with van der Waals surface area (Å²) in [7, 11) is 0. The maximum Gasteiger partial charge on any atom is 0.0741 e. The average molecular weight is 228 g/mol. The van der Waals surface area contributed by atoms with E-state index in [0.717, 1.165) is 13.0 Å². The zero-order valence-corrected chi connectivity index (χ0v) is 10.9. The lowest BCUT2D eigenvalue weighted by Crippen LogP contribution is -2.49. The third-order valence-corrected chi connectivity index (χ3v) is 3.78. The summed E-state index contributed by atoms with van der Waals surface area (Å²) >= 11 is 0. The second-order valence-electron chi connectivity index (χ2n) is 4.85. The molecule has 0 aromatic carbocycles. The molecule has 3 N–H and O–H groups in total. The van der Waals surface area contributed by atoms with Crippen molar-refractivity contribution < 1.29 is 4.74 Å². The van der Waals surface area contributed by atoms with Crippen LogP contribution in [0.2, 0.25) is 0 Å². The molecular formula is C13H28N2O. The van der Waals surface area contributed by atoms with Gasteiger partial charge in [0.1, 0.15) is 0 Å². The Bertz CT molecular complexity index is 167. The SMILES string of the molecule is CCOC(CC)C(NN)C1CCCCCC1. The lowest BCUT2D eigenvalue weighted by atomic mass is 9.88. The lowest BCUT2D eigenvalue weighted by Gasteiger charge is -2.32. The van der Waals surface area contributed by atoms with Crippen LogP contribution in [0.4, 0.5) is 0 Å². The first-order valence-electron chi connectivity index (χ1n) is 6.91. The number of nitrogens with one attached hydrogen (secondary N) is 1. The third-order valence-electron chi connectivity index (χ3n) is 3.78. The Kier molecular flexibility index (Phi) is 7.01. The van der Waals surface area contributed by atoms with Crippen molar-refractivity contribution in [3.63, 3.8) is 0 Å². The first-order chi connectivity index (χ1) is 7.83. The molecule has 16 heavy (non-hydrogen) atoms. The van der Waals surface area contributed by atoms with Gasteiger partial charge in [0.15, 0.2) is 0 Å². The summed E-state index contributed by atoms with van der Waals surface area (Å²) in [5, 5.41) is 0. The summed E-state index contributed by atoms with van der Waals surface area (Å²) in [6.07, 6.45) is 9.41. The molecule has 0 aromatic rings. The first kappa shape index (κ1) is 13.9. The molecule has 0 aromatic heterocycles. The van der Waals surface area contributed by atoms with Crippen molar-refractivity contribution in [2.24, 2.45) is 11.8 Å². The summed E-state index contributed by atoms with van der Waals surface area (Å²) in [5.41, 5.74) is 3.01. The average Bonchev–Trinajstić information content (AvgIpc) is 2.58. The Morgan fingerprint density at radius 3 is 2.25 bits per heavy atom. The van der Waals surface area contributed by atoms with E-state index in [2.05, 4.69) is 19.3 Å². The molecule has 1 aliphatic carbocycles. The molecule has 0 heterocycles.